The number of aryl methyl sites for hydroxylation is 2. The molecule has 763 valence electrons. The Kier molecular flexibility index (Phi) is 37.0. The molecule has 3 N–H and O–H groups in total. The van der Waals surface area contributed by atoms with Crippen LogP contribution in [0.4, 0.5) is 23.2 Å². The zero-order chi connectivity index (χ0) is 95.8. The summed E-state index contributed by atoms with van der Waals surface area (Å²) in [6, 6.07) is 11.2. The van der Waals surface area contributed by atoms with Gasteiger partial charge in [0.2, 0.25) is 35.4 Å². The average molecular weight is 2050 g/mol. The molecule has 9 heterocycles. The minimum absolute atomic E-state index is 0. The van der Waals surface area contributed by atoms with Crippen LogP contribution >= 0.6 is 0 Å². The van der Waals surface area contributed by atoms with E-state index in [1.165, 1.54) is 18.4 Å². The number of rotatable bonds is 12. The maximum atomic E-state index is 15.9. The SMILES string of the molecule is CC[C@@H]1[C@@H]2CN(C(=O)[C@H](C3CCCCC3)NC(=O)O[C@@H]3CC4CC4[C@H]3CCCCCc3nc4ccc(OC)cc4nc3O2)[C@@H]1[C-]=O.CC[C@@H]1[C@@H]2CN(C(=O)[C@H](C3CCCCC3)NC(=O)O[C@@H]3C[C@H]3CCCCC(F)(F)c3nc4ccc(OC)cc4nc3O2)[C@@H]1[C-]=O.CC[C@@H]1[C@@H]2CN(C(=O)[C@H](C3CCCCC3)NC(=O)O[C@]3(C)CCC[C@H]3CCCCCc3nc4ccc(OC)cc4nc3O2)[C@@H]1[C-]=O.[HH].[HH].[HH].[V].[V].[V]. The Morgan fingerprint density at radius 3 is 1.20 bits per heavy atom. The predicted octanol–water partition coefficient (Wildman–Crippen LogP) is 17.8. The first-order chi connectivity index (χ1) is 66.5. The van der Waals surface area contributed by atoms with Gasteiger partial charge in [0, 0.05) is 84.6 Å². The third-order valence-corrected chi connectivity index (χ3v) is 32.7. The number of nitrogens with zero attached hydrogens (tertiary/aromatic N) is 9. The number of alkyl carbamates (subject to hydrolysis) is 3. The number of amides is 6. The summed E-state index contributed by atoms with van der Waals surface area (Å²) in [7, 11) is 4.74. The third kappa shape index (κ3) is 24.3. The molecule has 6 aromatic rings. The number of aromatic nitrogens is 6. The largest absolute Gasteiger partial charge is 0.540 e. The molecule has 3 saturated heterocycles. The zero-order valence-electron chi connectivity index (χ0n) is 81.9. The molecule has 35 heteroatoms. The molecule has 3 aromatic carbocycles. The van der Waals surface area contributed by atoms with Crippen molar-refractivity contribution in [3.63, 3.8) is 0 Å². The number of carbonyl (C=O) groups excluding carboxylic acids is 9. The summed E-state index contributed by atoms with van der Waals surface area (Å²) in [4.78, 5) is 154. The molecule has 7 saturated carbocycles. The quantitative estimate of drug-likeness (QED) is 0.0756. The number of methoxy groups -OCH3 is 3. The summed E-state index contributed by atoms with van der Waals surface area (Å²) in [5, 5.41) is 8.92. The second kappa shape index (κ2) is 48.3. The van der Waals surface area contributed by atoms with Gasteiger partial charge in [0.05, 0.1) is 74.1 Å². The van der Waals surface area contributed by atoms with Crippen molar-refractivity contribution in [1.82, 2.24) is 60.6 Å². The van der Waals surface area contributed by atoms with Crippen LogP contribution in [0.25, 0.3) is 33.1 Å². The monoisotopic (exact) mass is 2050 g/mol. The van der Waals surface area contributed by atoms with Gasteiger partial charge in [-0.2, -0.15) is 8.78 Å². The van der Waals surface area contributed by atoms with Crippen LogP contribution in [0.3, 0.4) is 0 Å². The van der Waals surface area contributed by atoms with Crippen LogP contribution in [0.15, 0.2) is 54.6 Å². The molecule has 2 unspecified atom stereocenters. The van der Waals surface area contributed by atoms with Crippen molar-refractivity contribution >= 4 is 88.0 Å². The number of halogens is 2. The van der Waals surface area contributed by atoms with Gasteiger partial charge in [-0.05, 0) is 237 Å². The average Bonchev–Trinajstić information content (AvgIpc) is 1.63. The maximum absolute atomic E-state index is 15.9. The van der Waals surface area contributed by atoms with Crippen LogP contribution in [0, 0.1) is 65.1 Å². The fourth-order valence-corrected chi connectivity index (χ4v) is 24.8. The maximum Gasteiger partial charge on any atom is 0.408 e. The minimum atomic E-state index is -3.35. The van der Waals surface area contributed by atoms with E-state index in [9.17, 15) is 43.2 Å². The Bertz CT molecular complexity index is 5230. The van der Waals surface area contributed by atoms with Crippen molar-refractivity contribution in [2.45, 2.75) is 350 Å². The number of benzene rings is 3. The number of hydrogen-bond donors (Lipinski definition) is 3. The van der Waals surface area contributed by atoms with Crippen molar-refractivity contribution in [2.75, 3.05) is 41.0 Å². The Labute approximate surface area is 860 Å². The smallest absolute Gasteiger partial charge is 0.408 e. The van der Waals surface area contributed by atoms with Crippen LogP contribution < -0.4 is 44.4 Å². The van der Waals surface area contributed by atoms with Gasteiger partial charge in [0.15, 0.2) is 5.69 Å². The standard InChI is InChI=1S/C36H47N4O6.C36H49N4O6.C33H41F2N4O6.3V.3H2/c1-3-24-30(20-41)40-19-32(24)45-34-28(37-27-15-14-23(44-2)18-29(27)38-34)13-9-5-8-12-25-26-16-22(26)17-31(25)46-36(43)39-33(35(40)42)21-10-6-4-7-11-21;1-4-26-30(22-41)40-21-31(26)45-33-28(37-27-18-17-25(44-3)20-29(27)38-33)16-10-6-9-14-24-15-11-19-36(24,2)46-35(43)39-32(34(40)42)23-12-7-5-8-13-23;1-3-22-25(18-40)39-17-27(22)44-30-29(36-23-13-12-21(43-2)16-24(23)37-30)33(34,35)14-8-7-11-20-15-26(20)45-32(42)38-28(31(39)41)19-9-5-4-6-10-19;;;;;;/h14-15,18,21-22,24-26,30-33H,3-13,16-17,19H2,1-2H3,(H,39,43);17-18,20,23-24,26,30-32H,4-16,19,21H2,1-3H3,(H,39,43);12-13,16,19-20,22,25-28H,3-11,14-15,17H2,1-2H3,(H,38,42);;;;3*1H/q3*-1;;;;;;/t22?,24-,25+,26?,30+,31+,32-,33-;24-,26+,30-,31+,32+,36-;20-,22+,25-,26-,27+,28+;;;;;;/m011....../s1. The van der Waals surface area contributed by atoms with Gasteiger partial charge in [-0.15, -0.1) is 0 Å². The first-order valence-corrected chi connectivity index (χ1v) is 51.4. The molecular formula is C105H143F2N12O18V3-3. The number of nitrogens with one attached hydrogen (secondary N) is 3. The Hall–Kier alpha value is -8.68. The van der Waals surface area contributed by atoms with Gasteiger partial charge < -0.3 is 87.7 Å². The van der Waals surface area contributed by atoms with Crippen LogP contribution in [0.2, 0.25) is 0 Å². The fraction of sp³-hybridized carbons (Fsp3) is 0.686. The molecule has 0 spiro atoms. The number of ether oxygens (including phenoxy) is 9. The molecule has 13 aliphatic rings. The minimum Gasteiger partial charge on any atom is -0.540 e. The van der Waals surface area contributed by atoms with Gasteiger partial charge >= 0.3 is 18.3 Å². The van der Waals surface area contributed by atoms with E-state index in [0.29, 0.717) is 115 Å². The normalized spacial score (nSPS) is 31.4. The van der Waals surface area contributed by atoms with Crippen LogP contribution in [-0.4, -0.2) is 213 Å². The molecule has 6 bridgehead atoms. The van der Waals surface area contributed by atoms with Crippen molar-refractivity contribution in [1.29, 1.82) is 0 Å². The Morgan fingerprint density at radius 1 is 0.393 bits per heavy atom. The molecule has 19 rings (SSSR count). The van der Waals surface area contributed by atoms with E-state index < -0.39 is 108 Å². The molecule has 10 fully saturated rings. The molecule has 3 aromatic heterocycles. The number of carbonyl (C=O) groups is 6. The van der Waals surface area contributed by atoms with Gasteiger partial charge in [0.1, 0.15) is 82.9 Å². The van der Waals surface area contributed by atoms with Gasteiger partial charge in [-0.1, -0.05) is 148 Å². The van der Waals surface area contributed by atoms with Crippen molar-refractivity contribution in [3.8, 4) is 34.9 Å². The van der Waals surface area contributed by atoms with Crippen LogP contribution in [-0.2, 0) is 117 Å². The van der Waals surface area contributed by atoms with E-state index in [1.54, 1.807) is 42.2 Å². The molecule has 7 aliphatic carbocycles. The summed E-state index contributed by atoms with van der Waals surface area (Å²) in [5.41, 5.74) is 3.93. The van der Waals surface area contributed by atoms with Crippen molar-refractivity contribution in [2.24, 2.45) is 65.1 Å². The second-order valence-electron chi connectivity index (χ2n) is 41.2. The van der Waals surface area contributed by atoms with E-state index in [1.807, 2.05) is 63.5 Å². The van der Waals surface area contributed by atoms with Gasteiger partial charge in [-0.25, -0.2) is 63.1 Å². The topological polar surface area (TPSA) is 360 Å². The summed E-state index contributed by atoms with van der Waals surface area (Å²) in [5.74, 6) is -1.05. The van der Waals surface area contributed by atoms with E-state index in [0.717, 1.165) is 196 Å². The fourth-order valence-electron chi connectivity index (χ4n) is 24.8. The van der Waals surface area contributed by atoms with E-state index in [4.69, 9.17) is 62.6 Å². The van der Waals surface area contributed by atoms with Crippen molar-refractivity contribution < 1.29 is 155 Å². The molecule has 6 aliphatic heterocycles. The molecule has 6 amide bonds. The Morgan fingerprint density at radius 2 is 0.764 bits per heavy atom. The van der Waals surface area contributed by atoms with Crippen LogP contribution in [0.5, 0.6) is 34.9 Å². The number of fused-ring (bicyclic) bond motifs is 17. The van der Waals surface area contributed by atoms with E-state index in [2.05, 4.69) is 45.4 Å². The summed E-state index contributed by atoms with van der Waals surface area (Å²) >= 11 is 0. The third-order valence-electron chi connectivity index (χ3n) is 32.7. The summed E-state index contributed by atoms with van der Waals surface area (Å²) < 4.78 is 85.7. The summed E-state index contributed by atoms with van der Waals surface area (Å²) in [6.45, 7) is 8.27. The van der Waals surface area contributed by atoms with E-state index in [-0.39, 0.29) is 163 Å². The predicted molar refractivity (Wildman–Crippen MR) is 511 cm³/mol. The molecule has 30 nitrogen and oxygen atoms in total. The number of hydrogen-bond acceptors (Lipinski definition) is 24. The number of alkyl halides is 2. The Balaban J connectivity index is 0.000000200. The van der Waals surface area contributed by atoms with E-state index >= 15 is 8.78 Å². The van der Waals surface area contributed by atoms with Gasteiger partial charge in [-0.3, -0.25) is 14.4 Å². The first-order valence-electron chi connectivity index (χ1n) is 51.4. The molecule has 20 atom stereocenters. The molecular weight excluding hydrogens is 1910 g/mol. The summed E-state index contributed by atoms with van der Waals surface area (Å²) in [6.07, 6.45) is 34.3. The van der Waals surface area contributed by atoms with Crippen LogP contribution in [0.1, 0.15) is 280 Å². The second-order valence-corrected chi connectivity index (χ2v) is 41.2. The zero-order valence-corrected chi connectivity index (χ0v) is 86.1. The first kappa shape index (κ1) is 107. The van der Waals surface area contributed by atoms with Gasteiger partial charge in [0.25, 0.3) is 5.92 Å². The molecule has 3 radical (unpaired) electrons. The van der Waals surface area contributed by atoms with Crippen molar-refractivity contribution in [3.05, 3.63) is 71.7 Å². The molecule has 140 heavy (non-hydrogen) atoms.